The highest BCUT2D eigenvalue weighted by atomic mass is 16.1. The third kappa shape index (κ3) is 2.25. The first-order valence-electron chi connectivity index (χ1n) is 5.81. The van der Waals surface area contributed by atoms with Crippen LogP contribution in [0.1, 0.15) is 23.2 Å². The number of aldehydes is 1. The van der Waals surface area contributed by atoms with Crippen molar-refractivity contribution in [1.82, 2.24) is 5.32 Å². The molecule has 16 heavy (non-hydrogen) atoms. The molecule has 1 N–H and O–H groups in total. The summed E-state index contributed by atoms with van der Waals surface area (Å²) in [6, 6.07) is 8.44. The van der Waals surface area contributed by atoms with E-state index in [1.54, 1.807) is 0 Å². The van der Waals surface area contributed by atoms with Crippen LogP contribution in [0.25, 0.3) is 0 Å². The summed E-state index contributed by atoms with van der Waals surface area (Å²) in [5.74, 6) is 0. The standard InChI is InChI=1S/C13H18N2O/c1-14-12-6-8-15(9-7-12)13-5-3-2-4-11(13)10-16/h2-5,10,12,14H,6-9H2,1H3. The predicted octanol–water partition coefficient (Wildman–Crippen LogP) is 1.69. The minimum atomic E-state index is 0.625. The highest BCUT2D eigenvalue weighted by Crippen LogP contribution is 2.22. The summed E-state index contributed by atoms with van der Waals surface area (Å²) < 4.78 is 0. The summed E-state index contributed by atoms with van der Waals surface area (Å²) in [5.41, 5.74) is 1.87. The van der Waals surface area contributed by atoms with Crippen molar-refractivity contribution in [3.05, 3.63) is 29.8 Å². The number of benzene rings is 1. The van der Waals surface area contributed by atoms with Gasteiger partial charge in [0.15, 0.2) is 6.29 Å². The Balaban J connectivity index is 2.10. The second kappa shape index (κ2) is 5.12. The maximum absolute atomic E-state index is 11.0. The van der Waals surface area contributed by atoms with E-state index in [-0.39, 0.29) is 0 Å². The lowest BCUT2D eigenvalue weighted by Gasteiger charge is -2.34. The zero-order chi connectivity index (χ0) is 11.4. The van der Waals surface area contributed by atoms with E-state index in [9.17, 15) is 4.79 Å². The van der Waals surface area contributed by atoms with Crippen molar-refractivity contribution in [2.75, 3.05) is 25.0 Å². The Kier molecular flexibility index (Phi) is 3.57. The van der Waals surface area contributed by atoms with E-state index in [0.29, 0.717) is 6.04 Å². The van der Waals surface area contributed by atoms with Crippen molar-refractivity contribution in [1.29, 1.82) is 0 Å². The Labute approximate surface area is 96.5 Å². The first-order valence-corrected chi connectivity index (χ1v) is 5.81. The number of hydrogen-bond acceptors (Lipinski definition) is 3. The third-order valence-corrected chi connectivity index (χ3v) is 3.31. The molecule has 1 aromatic carbocycles. The molecule has 1 aliphatic heterocycles. The minimum absolute atomic E-state index is 0.625. The number of piperidine rings is 1. The van der Waals surface area contributed by atoms with E-state index in [2.05, 4.69) is 10.2 Å². The summed E-state index contributed by atoms with van der Waals surface area (Å²) in [6.07, 6.45) is 3.23. The fourth-order valence-electron chi connectivity index (χ4n) is 2.28. The Morgan fingerprint density at radius 1 is 1.31 bits per heavy atom. The van der Waals surface area contributed by atoms with Crippen LogP contribution in [0.3, 0.4) is 0 Å². The molecular formula is C13H18N2O. The van der Waals surface area contributed by atoms with Crippen LogP contribution in [0.4, 0.5) is 5.69 Å². The predicted molar refractivity (Wildman–Crippen MR) is 66.1 cm³/mol. The molecule has 0 spiro atoms. The number of nitrogens with one attached hydrogen (secondary N) is 1. The smallest absolute Gasteiger partial charge is 0.152 e. The van der Waals surface area contributed by atoms with E-state index < -0.39 is 0 Å². The maximum atomic E-state index is 11.0. The van der Waals surface area contributed by atoms with Crippen LogP contribution < -0.4 is 10.2 Å². The van der Waals surface area contributed by atoms with Gasteiger partial charge in [0, 0.05) is 30.4 Å². The summed E-state index contributed by atoms with van der Waals surface area (Å²) in [7, 11) is 2.01. The van der Waals surface area contributed by atoms with E-state index in [0.717, 1.165) is 43.5 Å². The average molecular weight is 218 g/mol. The molecule has 0 radical (unpaired) electrons. The number of nitrogens with zero attached hydrogens (tertiary/aromatic N) is 1. The van der Waals surface area contributed by atoms with Gasteiger partial charge in [-0.1, -0.05) is 12.1 Å². The number of anilines is 1. The molecule has 0 aromatic heterocycles. The number of rotatable bonds is 3. The number of carbonyl (C=O) groups excluding carboxylic acids is 1. The van der Waals surface area contributed by atoms with Gasteiger partial charge in [0.25, 0.3) is 0 Å². The molecule has 0 unspecified atom stereocenters. The molecule has 3 heteroatoms. The molecule has 3 nitrogen and oxygen atoms in total. The van der Waals surface area contributed by atoms with Crippen molar-refractivity contribution in [3.8, 4) is 0 Å². The maximum Gasteiger partial charge on any atom is 0.152 e. The first kappa shape index (κ1) is 11.1. The Morgan fingerprint density at radius 3 is 2.62 bits per heavy atom. The van der Waals surface area contributed by atoms with Crippen LogP contribution in [0.5, 0.6) is 0 Å². The van der Waals surface area contributed by atoms with E-state index in [4.69, 9.17) is 0 Å². The molecule has 0 atom stereocenters. The van der Waals surface area contributed by atoms with Gasteiger partial charge < -0.3 is 10.2 Å². The van der Waals surface area contributed by atoms with Gasteiger partial charge in [0.1, 0.15) is 0 Å². The summed E-state index contributed by atoms with van der Waals surface area (Å²) >= 11 is 0. The van der Waals surface area contributed by atoms with Crippen molar-refractivity contribution >= 4 is 12.0 Å². The van der Waals surface area contributed by atoms with Gasteiger partial charge in [0.05, 0.1) is 0 Å². The van der Waals surface area contributed by atoms with Crippen molar-refractivity contribution in [2.45, 2.75) is 18.9 Å². The highest BCUT2D eigenvalue weighted by molar-refractivity contribution is 5.84. The normalized spacial score (nSPS) is 17.4. The van der Waals surface area contributed by atoms with Crippen LogP contribution in [-0.2, 0) is 0 Å². The molecule has 0 aliphatic carbocycles. The molecule has 2 rings (SSSR count). The Hall–Kier alpha value is -1.35. The lowest BCUT2D eigenvalue weighted by atomic mass is 10.0. The SMILES string of the molecule is CNC1CCN(c2ccccc2C=O)CC1. The topological polar surface area (TPSA) is 32.3 Å². The molecule has 86 valence electrons. The molecule has 0 amide bonds. The Bertz CT molecular complexity index is 357. The van der Waals surface area contributed by atoms with Gasteiger partial charge >= 0.3 is 0 Å². The molecule has 1 aromatic rings. The molecule has 1 fully saturated rings. The zero-order valence-electron chi connectivity index (χ0n) is 9.65. The Morgan fingerprint density at radius 2 is 2.00 bits per heavy atom. The molecule has 0 saturated carbocycles. The number of carbonyl (C=O) groups is 1. The molecule has 1 aliphatic rings. The van der Waals surface area contributed by atoms with Crippen molar-refractivity contribution in [2.24, 2.45) is 0 Å². The van der Waals surface area contributed by atoms with Crippen LogP contribution in [0, 0.1) is 0 Å². The number of hydrogen-bond donors (Lipinski definition) is 1. The fourth-order valence-corrected chi connectivity index (χ4v) is 2.28. The largest absolute Gasteiger partial charge is 0.371 e. The minimum Gasteiger partial charge on any atom is -0.371 e. The first-order chi connectivity index (χ1) is 7.85. The second-order valence-corrected chi connectivity index (χ2v) is 4.23. The van der Waals surface area contributed by atoms with Gasteiger partial charge in [-0.2, -0.15) is 0 Å². The molecular weight excluding hydrogens is 200 g/mol. The van der Waals surface area contributed by atoms with Gasteiger partial charge in [-0.3, -0.25) is 4.79 Å². The molecule has 0 bridgehead atoms. The lowest BCUT2D eigenvalue weighted by molar-refractivity contribution is 0.112. The van der Waals surface area contributed by atoms with Crippen molar-refractivity contribution in [3.63, 3.8) is 0 Å². The van der Waals surface area contributed by atoms with Crippen LogP contribution in [-0.4, -0.2) is 32.5 Å². The van der Waals surface area contributed by atoms with Gasteiger partial charge in [-0.05, 0) is 32.0 Å². The number of para-hydroxylation sites is 1. The van der Waals surface area contributed by atoms with E-state index in [1.165, 1.54) is 0 Å². The summed E-state index contributed by atoms with van der Waals surface area (Å²) in [6.45, 7) is 2.05. The molecule has 1 heterocycles. The second-order valence-electron chi connectivity index (χ2n) is 4.23. The zero-order valence-corrected chi connectivity index (χ0v) is 9.65. The van der Waals surface area contributed by atoms with Crippen molar-refractivity contribution < 1.29 is 4.79 Å². The average Bonchev–Trinajstić information content (AvgIpc) is 2.39. The van der Waals surface area contributed by atoms with Crippen LogP contribution >= 0.6 is 0 Å². The van der Waals surface area contributed by atoms with E-state index >= 15 is 0 Å². The monoisotopic (exact) mass is 218 g/mol. The summed E-state index contributed by atoms with van der Waals surface area (Å²) in [4.78, 5) is 13.3. The fraction of sp³-hybridized carbons (Fsp3) is 0.462. The molecule has 1 saturated heterocycles. The van der Waals surface area contributed by atoms with Crippen LogP contribution in [0.15, 0.2) is 24.3 Å². The van der Waals surface area contributed by atoms with E-state index in [1.807, 2.05) is 31.3 Å². The lowest BCUT2D eigenvalue weighted by Crippen LogP contribution is -2.41. The van der Waals surface area contributed by atoms with Crippen LogP contribution in [0.2, 0.25) is 0 Å². The third-order valence-electron chi connectivity index (χ3n) is 3.31. The highest BCUT2D eigenvalue weighted by Gasteiger charge is 2.19. The quantitative estimate of drug-likeness (QED) is 0.784. The van der Waals surface area contributed by atoms with Gasteiger partial charge in [-0.25, -0.2) is 0 Å². The van der Waals surface area contributed by atoms with Gasteiger partial charge in [-0.15, -0.1) is 0 Å². The summed E-state index contributed by atoms with van der Waals surface area (Å²) in [5, 5.41) is 3.31. The van der Waals surface area contributed by atoms with Gasteiger partial charge in [0.2, 0.25) is 0 Å².